The molecule has 2 aromatic carbocycles. The number of nitrogens with zero attached hydrogens (tertiary/aromatic N) is 2. The first-order valence-corrected chi connectivity index (χ1v) is 10.2. The van der Waals surface area contributed by atoms with Gasteiger partial charge in [0.15, 0.2) is 5.76 Å². The molecule has 1 N–H and O–H groups in total. The summed E-state index contributed by atoms with van der Waals surface area (Å²) in [5.41, 5.74) is 3.39. The average Bonchev–Trinajstić information content (AvgIpc) is 3.35. The largest absolute Gasteiger partial charge is 0.459 e. The van der Waals surface area contributed by atoms with Gasteiger partial charge in [-0.15, -0.1) is 0 Å². The maximum atomic E-state index is 12.8. The number of amides is 2. The van der Waals surface area contributed by atoms with Gasteiger partial charge < -0.3 is 24.3 Å². The monoisotopic (exact) mass is 419 g/mol. The normalized spacial score (nSPS) is 13.6. The van der Waals surface area contributed by atoms with Crippen LogP contribution in [0, 0.1) is 0 Å². The zero-order chi connectivity index (χ0) is 21.6. The fraction of sp³-hybridized carbons (Fsp3) is 0.250. The average molecular weight is 419 g/mol. The van der Waals surface area contributed by atoms with Crippen LogP contribution in [0.3, 0.4) is 0 Å². The number of ether oxygens (including phenoxy) is 1. The summed E-state index contributed by atoms with van der Waals surface area (Å²) in [6.45, 7) is 3.82. The van der Waals surface area contributed by atoms with Crippen LogP contribution in [0.4, 0.5) is 11.4 Å². The molecule has 0 radical (unpaired) electrons. The molecule has 1 fully saturated rings. The Balaban J connectivity index is 1.33. The van der Waals surface area contributed by atoms with Crippen molar-refractivity contribution < 1.29 is 18.7 Å². The highest BCUT2D eigenvalue weighted by molar-refractivity contribution is 6.02. The molecule has 0 atom stereocenters. The van der Waals surface area contributed by atoms with Crippen molar-refractivity contribution in [1.82, 2.24) is 4.90 Å². The molecule has 1 aromatic heterocycles. The van der Waals surface area contributed by atoms with Gasteiger partial charge in [0.05, 0.1) is 19.5 Å². The zero-order valence-electron chi connectivity index (χ0n) is 17.4. The lowest BCUT2D eigenvalue weighted by Gasteiger charge is -2.29. The molecule has 7 nitrogen and oxygen atoms in total. The minimum atomic E-state index is -0.332. The number of benzene rings is 2. The number of morpholine rings is 1. The van der Waals surface area contributed by atoms with Gasteiger partial charge in [-0.25, -0.2) is 0 Å². The Hall–Kier alpha value is -3.58. The lowest BCUT2D eigenvalue weighted by Crippen LogP contribution is -2.36. The van der Waals surface area contributed by atoms with Crippen molar-refractivity contribution in [1.29, 1.82) is 0 Å². The summed E-state index contributed by atoms with van der Waals surface area (Å²) in [4.78, 5) is 28.8. The van der Waals surface area contributed by atoms with E-state index in [9.17, 15) is 9.59 Å². The van der Waals surface area contributed by atoms with Crippen molar-refractivity contribution in [3.05, 3.63) is 83.8 Å². The molecule has 160 valence electrons. The minimum absolute atomic E-state index is 0.0823. The summed E-state index contributed by atoms with van der Waals surface area (Å²) in [5, 5.41) is 2.74. The summed E-state index contributed by atoms with van der Waals surface area (Å²) in [5.74, 6) is -0.178. The van der Waals surface area contributed by atoms with E-state index in [0.29, 0.717) is 17.8 Å². The highest BCUT2D eigenvalue weighted by Crippen LogP contribution is 2.18. The van der Waals surface area contributed by atoms with Crippen molar-refractivity contribution in [3.8, 4) is 0 Å². The topological polar surface area (TPSA) is 75.0 Å². The Morgan fingerprint density at radius 2 is 1.71 bits per heavy atom. The summed E-state index contributed by atoms with van der Waals surface area (Å²) >= 11 is 0. The summed E-state index contributed by atoms with van der Waals surface area (Å²) in [7, 11) is 1.78. The van der Waals surface area contributed by atoms with E-state index in [1.165, 1.54) is 12.0 Å². The Labute approximate surface area is 181 Å². The molecule has 2 heterocycles. The van der Waals surface area contributed by atoms with Crippen molar-refractivity contribution in [2.75, 3.05) is 43.6 Å². The van der Waals surface area contributed by atoms with Gasteiger partial charge in [-0.1, -0.05) is 12.1 Å². The highest BCUT2D eigenvalue weighted by atomic mass is 16.5. The van der Waals surface area contributed by atoms with E-state index < -0.39 is 0 Å². The SMILES string of the molecule is CN(Cc1ccc(N2CCOCC2)cc1)C(=O)c1ccc(NC(=O)c2ccco2)cc1. The standard InChI is InChI=1S/C24H25N3O4/c1-26(17-18-4-10-21(11-5-18)27-12-15-30-16-13-27)24(29)19-6-8-20(9-7-19)25-23(28)22-3-2-14-31-22/h2-11,14H,12-13,15-17H2,1H3,(H,25,28). The minimum Gasteiger partial charge on any atom is -0.459 e. The molecular formula is C24H25N3O4. The first kappa shape index (κ1) is 20.7. The van der Waals surface area contributed by atoms with Gasteiger partial charge in [-0.3, -0.25) is 9.59 Å². The number of furan rings is 1. The van der Waals surface area contributed by atoms with Crippen LogP contribution in [0.1, 0.15) is 26.5 Å². The molecule has 0 spiro atoms. The predicted octanol–water partition coefficient (Wildman–Crippen LogP) is 3.64. The number of anilines is 2. The maximum Gasteiger partial charge on any atom is 0.291 e. The second-order valence-corrected chi connectivity index (χ2v) is 7.44. The van der Waals surface area contributed by atoms with Crippen LogP contribution in [-0.4, -0.2) is 50.1 Å². The van der Waals surface area contributed by atoms with Gasteiger partial charge >= 0.3 is 0 Å². The van der Waals surface area contributed by atoms with Crippen molar-refractivity contribution in [2.45, 2.75) is 6.54 Å². The van der Waals surface area contributed by atoms with E-state index in [-0.39, 0.29) is 17.6 Å². The number of rotatable bonds is 6. The third-order valence-corrected chi connectivity index (χ3v) is 5.21. The predicted molar refractivity (Wildman–Crippen MR) is 118 cm³/mol. The van der Waals surface area contributed by atoms with Crippen molar-refractivity contribution in [3.63, 3.8) is 0 Å². The second kappa shape index (κ2) is 9.49. The number of nitrogens with one attached hydrogen (secondary N) is 1. The number of hydrogen-bond acceptors (Lipinski definition) is 5. The molecule has 1 aliphatic rings. The number of hydrogen-bond donors (Lipinski definition) is 1. The fourth-order valence-electron chi connectivity index (χ4n) is 3.50. The van der Waals surface area contributed by atoms with E-state index in [4.69, 9.17) is 9.15 Å². The van der Waals surface area contributed by atoms with Gasteiger partial charge in [0, 0.05) is 43.6 Å². The molecule has 0 bridgehead atoms. The van der Waals surface area contributed by atoms with Gasteiger partial charge in [0.1, 0.15) is 0 Å². The third-order valence-electron chi connectivity index (χ3n) is 5.21. The smallest absolute Gasteiger partial charge is 0.291 e. The first-order valence-electron chi connectivity index (χ1n) is 10.2. The molecule has 2 amide bonds. The lowest BCUT2D eigenvalue weighted by molar-refractivity contribution is 0.0785. The molecule has 0 unspecified atom stereocenters. The Bertz CT molecular complexity index is 1010. The highest BCUT2D eigenvalue weighted by Gasteiger charge is 2.15. The van der Waals surface area contributed by atoms with Crippen molar-refractivity contribution >= 4 is 23.2 Å². The van der Waals surface area contributed by atoms with E-state index in [0.717, 1.165) is 31.9 Å². The molecule has 4 rings (SSSR count). The molecule has 3 aromatic rings. The molecule has 1 aliphatic heterocycles. The van der Waals surface area contributed by atoms with E-state index in [1.54, 1.807) is 48.3 Å². The second-order valence-electron chi connectivity index (χ2n) is 7.44. The van der Waals surface area contributed by atoms with Crippen LogP contribution in [0.15, 0.2) is 71.3 Å². The van der Waals surface area contributed by atoms with Crippen LogP contribution in [0.2, 0.25) is 0 Å². The molecule has 0 aliphatic carbocycles. The number of carbonyl (C=O) groups excluding carboxylic acids is 2. The van der Waals surface area contributed by atoms with Crippen LogP contribution < -0.4 is 10.2 Å². The number of carbonyl (C=O) groups is 2. The van der Waals surface area contributed by atoms with Gasteiger partial charge in [0.25, 0.3) is 11.8 Å². The van der Waals surface area contributed by atoms with E-state index in [2.05, 4.69) is 34.5 Å². The molecule has 31 heavy (non-hydrogen) atoms. The molecule has 1 saturated heterocycles. The van der Waals surface area contributed by atoms with Gasteiger partial charge in [0.2, 0.25) is 0 Å². The molecule has 0 saturated carbocycles. The van der Waals surface area contributed by atoms with Crippen LogP contribution >= 0.6 is 0 Å². The van der Waals surface area contributed by atoms with Crippen LogP contribution in [0.25, 0.3) is 0 Å². The van der Waals surface area contributed by atoms with Crippen LogP contribution in [-0.2, 0) is 11.3 Å². The van der Waals surface area contributed by atoms with Gasteiger partial charge in [-0.05, 0) is 54.1 Å². The zero-order valence-corrected chi connectivity index (χ0v) is 17.4. The third kappa shape index (κ3) is 5.13. The summed E-state index contributed by atoms with van der Waals surface area (Å²) < 4.78 is 10.5. The summed E-state index contributed by atoms with van der Waals surface area (Å²) in [6, 6.07) is 18.4. The fourth-order valence-corrected chi connectivity index (χ4v) is 3.50. The lowest BCUT2D eigenvalue weighted by atomic mass is 10.1. The van der Waals surface area contributed by atoms with Crippen LogP contribution in [0.5, 0.6) is 0 Å². The summed E-state index contributed by atoms with van der Waals surface area (Å²) in [6.07, 6.45) is 1.45. The molecular weight excluding hydrogens is 394 g/mol. The maximum absolute atomic E-state index is 12.8. The Kier molecular flexibility index (Phi) is 6.33. The first-order chi connectivity index (χ1) is 15.1. The quantitative estimate of drug-likeness (QED) is 0.660. The van der Waals surface area contributed by atoms with E-state index >= 15 is 0 Å². The molecule has 7 heteroatoms. The Morgan fingerprint density at radius 1 is 1.00 bits per heavy atom. The van der Waals surface area contributed by atoms with Crippen molar-refractivity contribution in [2.24, 2.45) is 0 Å². The van der Waals surface area contributed by atoms with E-state index in [1.807, 2.05) is 0 Å². The Morgan fingerprint density at radius 3 is 2.35 bits per heavy atom. The van der Waals surface area contributed by atoms with Gasteiger partial charge in [-0.2, -0.15) is 0 Å².